The molecule has 4 nitrogen and oxygen atoms in total. The fraction of sp³-hybridized carbons (Fsp3) is 0.500. The lowest BCUT2D eigenvalue weighted by atomic mass is 9.95. The third kappa shape index (κ3) is 2.14. The molecule has 1 fully saturated rings. The predicted molar refractivity (Wildman–Crippen MR) is 75.6 cm³/mol. The fourth-order valence-electron chi connectivity index (χ4n) is 3.02. The molecule has 1 amide bonds. The van der Waals surface area contributed by atoms with Crippen LogP contribution in [0.2, 0.25) is 0 Å². The number of halogens is 1. The Morgan fingerprint density at radius 1 is 1.47 bits per heavy atom. The van der Waals surface area contributed by atoms with Gasteiger partial charge in [0.1, 0.15) is 0 Å². The summed E-state index contributed by atoms with van der Waals surface area (Å²) in [7, 11) is 0. The fourth-order valence-corrected chi connectivity index (χ4v) is 3.02. The molecular weight excluding hydrogens is 264 g/mol. The third-order valence-electron chi connectivity index (χ3n) is 3.97. The van der Waals surface area contributed by atoms with E-state index in [0.717, 1.165) is 42.7 Å². The molecule has 19 heavy (non-hydrogen) atoms. The van der Waals surface area contributed by atoms with Crippen molar-refractivity contribution in [2.45, 2.75) is 26.0 Å². The molecule has 0 unspecified atom stereocenters. The number of hydrogen-bond donors (Lipinski definition) is 2. The number of amides is 1. The highest BCUT2D eigenvalue weighted by atomic mass is 35.5. The molecule has 0 spiro atoms. The van der Waals surface area contributed by atoms with E-state index in [1.54, 1.807) is 0 Å². The van der Waals surface area contributed by atoms with Gasteiger partial charge in [0.15, 0.2) is 0 Å². The molecule has 0 aliphatic carbocycles. The van der Waals surface area contributed by atoms with Crippen molar-refractivity contribution < 1.29 is 9.90 Å². The Morgan fingerprint density at radius 3 is 2.95 bits per heavy atom. The van der Waals surface area contributed by atoms with E-state index >= 15 is 0 Å². The van der Waals surface area contributed by atoms with Crippen molar-refractivity contribution in [1.82, 2.24) is 10.2 Å². The van der Waals surface area contributed by atoms with Crippen molar-refractivity contribution in [2.75, 3.05) is 19.6 Å². The second-order valence-corrected chi connectivity index (χ2v) is 4.95. The average molecular weight is 283 g/mol. The number of carbonyl (C=O) groups excluding carboxylic acids is 1. The molecule has 0 saturated carbocycles. The van der Waals surface area contributed by atoms with Crippen LogP contribution in [0.1, 0.15) is 40.0 Å². The predicted octanol–water partition coefficient (Wildman–Crippen LogP) is 1.26. The number of hydrogen-bond acceptors (Lipinski definition) is 3. The Balaban J connectivity index is 0.00000133. The molecule has 104 valence electrons. The Morgan fingerprint density at radius 2 is 2.26 bits per heavy atom. The van der Waals surface area contributed by atoms with Gasteiger partial charge in [-0.15, -0.1) is 12.4 Å². The Bertz CT molecular complexity index is 504. The molecule has 2 aliphatic heterocycles. The zero-order valence-electron chi connectivity index (χ0n) is 11.0. The first-order valence-electron chi connectivity index (χ1n) is 6.54. The van der Waals surface area contributed by atoms with Gasteiger partial charge in [-0.3, -0.25) is 4.79 Å². The minimum Gasteiger partial charge on any atom is -0.392 e. The molecular formula is C14H19ClN2O2. The second kappa shape index (κ2) is 5.49. The summed E-state index contributed by atoms with van der Waals surface area (Å²) < 4.78 is 0. The standard InChI is InChI=1S/C14H18N2O2.ClH/c1-2-9-5-10(8-17)13-11(6-9)12-7-15-3-4-16(12)14(13)18;/h5-6,12,15,17H,2-4,7-8H2,1H3;1H/t12-;/m0./s1. The third-order valence-corrected chi connectivity index (χ3v) is 3.97. The van der Waals surface area contributed by atoms with Gasteiger partial charge < -0.3 is 15.3 Å². The number of benzene rings is 1. The summed E-state index contributed by atoms with van der Waals surface area (Å²) in [4.78, 5) is 14.3. The molecule has 1 aromatic rings. The molecule has 0 radical (unpaired) electrons. The highest BCUT2D eigenvalue weighted by Gasteiger charge is 2.39. The van der Waals surface area contributed by atoms with E-state index in [2.05, 4.69) is 18.3 Å². The lowest BCUT2D eigenvalue weighted by molar-refractivity contribution is 0.0689. The number of aliphatic hydroxyl groups is 1. The average Bonchev–Trinajstić information content (AvgIpc) is 2.72. The summed E-state index contributed by atoms with van der Waals surface area (Å²) in [5, 5.41) is 12.8. The lowest BCUT2D eigenvalue weighted by Gasteiger charge is -2.30. The number of aliphatic hydroxyl groups excluding tert-OH is 1. The Labute approximate surface area is 119 Å². The van der Waals surface area contributed by atoms with Crippen molar-refractivity contribution in [3.63, 3.8) is 0 Å². The largest absolute Gasteiger partial charge is 0.392 e. The number of nitrogens with one attached hydrogen (secondary N) is 1. The summed E-state index contributed by atoms with van der Waals surface area (Å²) in [5.41, 5.74) is 3.81. The first-order chi connectivity index (χ1) is 8.76. The first kappa shape index (κ1) is 14.3. The lowest BCUT2D eigenvalue weighted by Crippen LogP contribution is -2.44. The Kier molecular flexibility index (Phi) is 4.13. The normalized spacial score (nSPS) is 20.8. The summed E-state index contributed by atoms with van der Waals surface area (Å²) in [6.45, 7) is 4.46. The van der Waals surface area contributed by atoms with Gasteiger partial charge in [0, 0.05) is 19.6 Å². The SMILES string of the molecule is CCc1cc(CO)c2c(c1)[C@@H]1CNCCN1C2=O.Cl. The van der Waals surface area contributed by atoms with Crippen LogP contribution in [0.3, 0.4) is 0 Å². The van der Waals surface area contributed by atoms with E-state index in [0.29, 0.717) is 0 Å². The van der Waals surface area contributed by atoms with Crippen molar-refractivity contribution in [3.8, 4) is 0 Å². The van der Waals surface area contributed by atoms with Crippen LogP contribution < -0.4 is 5.32 Å². The van der Waals surface area contributed by atoms with Crippen LogP contribution in [-0.2, 0) is 13.0 Å². The molecule has 0 aromatic heterocycles. The second-order valence-electron chi connectivity index (χ2n) is 4.95. The van der Waals surface area contributed by atoms with Gasteiger partial charge in [-0.1, -0.05) is 19.1 Å². The summed E-state index contributed by atoms with van der Waals surface area (Å²) in [5.74, 6) is 0.0863. The van der Waals surface area contributed by atoms with Gasteiger partial charge in [0.05, 0.1) is 18.2 Å². The van der Waals surface area contributed by atoms with E-state index in [-0.39, 0.29) is 31.0 Å². The van der Waals surface area contributed by atoms with Crippen molar-refractivity contribution >= 4 is 18.3 Å². The maximum absolute atomic E-state index is 12.4. The van der Waals surface area contributed by atoms with E-state index in [1.165, 1.54) is 5.56 Å². The summed E-state index contributed by atoms with van der Waals surface area (Å²) in [6.07, 6.45) is 0.925. The smallest absolute Gasteiger partial charge is 0.255 e. The number of nitrogens with zero attached hydrogens (tertiary/aromatic N) is 1. The molecule has 1 saturated heterocycles. The van der Waals surface area contributed by atoms with Crippen LogP contribution in [0.25, 0.3) is 0 Å². The molecule has 1 aromatic carbocycles. The molecule has 2 heterocycles. The van der Waals surface area contributed by atoms with Gasteiger partial charge in [-0.05, 0) is 23.1 Å². The maximum atomic E-state index is 12.4. The van der Waals surface area contributed by atoms with E-state index < -0.39 is 0 Å². The number of aryl methyl sites for hydroxylation is 1. The summed E-state index contributed by atoms with van der Waals surface area (Å²) in [6, 6.07) is 4.24. The highest BCUT2D eigenvalue weighted by Crippen LogP contribution is 2.37. The van der Waals surface area contributed by atoms with Gasteiger partial charge in [-0.2, -0.15) is 0 Å². The Hall–Kier alpha value is -1.10. The molecule has 0 bridgehead atoms. The van der Waals surface area contributed by atoms with Crippen molar-refractivity contribution in [3.05, 3.63) is 34.4 Å². The number of rotatable bonds is 2. The number of piperazine rings is 1. The van der Waals surface area contributed by atoms with Crippen LogP contribution in [-0.4, -0.2) is 35.5 Å². The van der Waals surface area contributed by atoms with Crippen molar-refractivity contribution in [2.24, 2.45) is 0 Å². The molecule has 2 aliphatic rings. The topological polar surface area (TPSA) is 52.6 Å². The highest BCUT2D eigenvalue weighted by molar-refractivity contribution is 6.00. The minimum atomic E-state index is -0.0596. The molecule has 5 heteroatoms. The molecule has 3 rings (SSSR count). The van der Waals surface area contributed by atoms with E-state index in [1.807, 2.05) is 11.0 Å². The van der Waals surface area contributed by atoms with Crippen LogP contribution in [0.4, 0.5) is 0 Å². The van der Waals surface area contributed by atoms with E-state index in [9.17, 15) is 9.90 Å². The van der Waals surface area contributed by atoms with Gasteiger partial charge in [0.25, 0.3) is 5.91 Å². The van der Waals surface area contributed by atoms with E-state index in [4.69, 9.17) is 0 Å². The monoisotopic (exact) mass is 282 g/mol. The van der Waals surface area contributed by atoms with Gasteiger partial charge >= 0.3 is 0 Å². The van der Waals surface area contributed by atoms with Crippen LogP contribution in [0, 0.1) is 0 Å². The first-order valence-corrected chi connectivity index (χ1v) is 6.54. The molecule has 2 N–H and O–H groups in total. The van der Waals surface area contributed by atoms with Crippen molar-refractivity contribution in [1.29, 1.82) is 0 Å². The quantitative estimate of drug-likeness (QED) is 0.859. The maximum Gasteiger partial charge on any atom is 0.255 e. The number of fused-ring (bicyclic) bond motifs is 3. The zero-order chi connectivity index (χ0) is 12.7. The van der Waals surface area contributed by atoms with Crippen LogP contribution >= 0.6 is 12.4 Å². The zero-order valence-corrected chi connectivity index (χ0v) is 11.8. The summed E-state index contributed by atoms with van der Waals surface area (Å²) >= 11 is 0. The van der Waals surface area contributed by atoms with Crippen LogP contribution in [0.5, 0.6) is 0 Å². The van der Waals surface area contributed by atoms with Gasteiger partial charge in [0.2, 0.25) is 0 Å². The minimum absolute atomic E-state index is 0. The van der Waals surface area contributed by atoms with Crippen LogP contribution in [0.15, 0.2) is 12.1 Å². The van der Waals surface area contributed by atoms with Gasteiger partial charge in [-0.25, -0.2) is 0 Å². The number of carbonyl (C=O) groups is 1. The molecule has 1 atom stereocenters.